The quantitative estimate of drug-likeness (QED) is 0.754. The fraction of sp³-hybridized carbons (Fsp3) is 0.333. The van der Waals surface area contributed by atoms with E-state index in [0.29, 0.717) is 16.8 Å². The minimum atomic E-state index is 0.304. The van der Waals surface area contributed by atoms with E-state index in [1.54, 1.807) is 11.8 Å². The monoisotopic (exact) mass is 308 g/mol. The first-order valence-corrected chi connectivity index (χ1v) is 7.75. The summed E-state index contributed by atoms with van der Waals surface area (Å²) in [5.41, 5.74) is 1.10. The summed E-state index contributed by atoms with van der Waals surface area (Å²) in [4.78, 5) is 16.7. The van der Waals surface area contributed by atoms with Gasteiger partial charge in [-0.25, -0.2) is 4.98 Å². The Labute approximate surface area is 128 Å². The molecule has 0 aliphatic rings. The molecule has 106 valence electrons. The molecule has 0 fully saturated rings. The van der Waals surface area contributed by atoms with Crippen molar-refractivity contribution in [2.45, 2.75) is 43.2 Å². The molecular formula is C15H17ClN2OS. The van der Waals surface area contributed by atoms with Gasteiger partial charge in [0.15, 0.2) is 12.1 Å². The Morgan fingerprint density at radius 3 is 2.75 bits per heavy atom. The summed E-state index contributed by atoms with van der Waals surface area (Å²) in [7, 11) is 0. The van der Waals surface area contributed by atoms with Crippen molar-refractivity contribution < 1.29 is 4.79 Å². The lowest BCUT2D eigenvalue weighted by atomic mass is 10.1. The summed E-state index contributed by atoms with van der Waals surface area (Å²) in [6.45, 7) is 6.98. The maximum atomic E-state index is 11.2. The molecule has 0 atom stereocenters. The van der Waals surface area contributed by atoms with E-state index in [1.807, 2.05) is 35.8 Å². The lowest BCUT2D eigenvalue weighted by Crippen LogP contribution is -2.06. The van der Waals surface area contributed by atoms with Crippen molar-refractivity contribution >= 4 is 29.6 Å². The summed E-state index contributed by atoms with van der Waals surface area (Å²) in [5, 5.41) is 1.58. The molecule has 0 aliphatic heterocycles. The van der Waals surface area contributed by atoms with Crippen LogP contribution in [0.1, 0.15) is 43.0 Å². The van der Waals surface area contributed by atoms with Gasteiger partial charge in [-0.3, -0.25) is 4.79 Å². The van der Waals surface area contributed by atoms with Gasteiger partial charge in [-0.05, 0) is 31.0 Å². The summed E-state index contributed by atoms with van der Waals surface area (Å²) in [6.07, 6.45) is 0.817. The second-order valence-electron chi connectivity index (χ2n) is 4.74. The first-order chi connectivity index (χ1) is 9.56. The molecule has 1 aromatic carbocycles. The van der Waals surface area contributed by atoms with Crippen LogP contribution >= 0.6 is 23.4 Å². The van der Waals surface area contributed by atoms with Crippen LogP contribution in [0, 0.1) is 0 Å². The third-order valence-electron chi connectivity index (χ3n) is 2.98. The minimum absolute atomic E-state index is 0.304. The minimum Gasteiger partial charge on any atom is -0.325 e. The number of aldehydes is 1. The molecule has 0 amide bonds. The zero-order chi connectivity index (χ0) is 14.7. The molecule has 0 spiro atoms. The molecule has 0 bridgehead atoms. The summed E-state index contributed by atoms with van der Waals surface area (Å²) in [5.74, 6) is 0.790. The number of nitrogens with zero attached hydrogens (tertiary/aromatic N) is 2. The number of aromatic nitrogens is 2. The number of rotatable bonds is 5. The van der Waals surface area contributed by atoms with Gasteiger partial charge in [0.05, 0.1) is 5.69 Å². The molecule has 0 radical (unpaired) electrons. The molecule has 0 saturated heterocycles. The van der Waals surface area contributed by atoms with Crippen molar-refractivity contribution in [2.75, 3.05) is 0 Å². The van der Waals surface area contributed by atoms with E-state index in [0.717, 1.165) is 28.4 Å². The van der Waals surface area contributed by atoms with E-state index in [4.69, 9.17) is 11.6 Å². The second kappa shape index (κ2) is 6.46. The van der Waals surface area contributed by atoms with Crippen molar-refractivity contribution in [2.24, 2.45) is 0 Å². The average molecular weight is 309 g/mol. The van der Waals surface area contributed by atoms with Crippen LogP contribution in [-0.4, -0.2) is 15.8 Å². The van der Waals surface area contributed by atoms with Crippen molar-refractivity contribution in [1.29, 1.82) is 0 Å². The van der Waals surface area contributed by atoms with Gasteiger partial charge < -0.3 is 4.57 Å². The number of carbonyl (C=O) groups excluding carboxylic acids is 1. The van der Waals surface area contributed by atoms with Gasteiger partial charge in [-0.15, -0.1) is 0 Å². The van der Waals surface area contributed by atoms with E-state index in [1.165, 1.54) is 0 Å². The molecule has 0 aliphatic carbocycles. The third kappa shape index (κ3) is 3.07. The summed E-state index contributed by atoms with van der Waals surface area (Å²) >= 11 is 7.56. The Hall–Kier alpha value is -1.26. The molecule has 0 N–H and O–H groups in total. The van der Waals surface area contributed by atoms with Gasteiger partial charge in [-0.1, -0.05) is 43.3 Å². The first kappa shape index (κ1) is 15.1. The third-order valence-corrected chi connectivity index (χ3v) is 4.20. The number of hydrogen-bond donors (Lipinski definition) is 0. The van der Waals surface area contributed by atoms with Gasteiger partial charge in [0.25, 0.3) is 0 Å². The molecule has 1 aromatic heterocycles. The van der Waals surface area contributed by atoms with Crippen LogP contribution in [-0.2, 0) is 6.54 Å². The molecule has 0 saturated carbocycles. The normalized spacial score (nSPS) is 11.1. The predicted molar refractivity (Wildman–Crippen MR) is 83.0 cm³/mol. The number of hydrogen-bond acceptors (Lipinski definition) is 3. The van der Waals surface area contributed by atoms with Crippen LogP contribution in [0.25, 0.3) is 0 Å². The van der Waals surface area contributed by atoms with Crippen LogP contribution in [0.4, 0.5) is 0 Å². The highest BCUT2D eigenvalue weighted by Gasteiger charge is 2.19. The van der Waals surface area contributed by atoms with E-state index >= 15 is 0 Å². The molecule has 20 heavy (non-hydrogen) atoms. The highest BCUT2D eigenvalue weighted by atomic mass is 35.5. The predicted octanol–water partition coefficient (Wildman–Crippen LogP) is 4.64. The Kier molecular flexibility index (Phi) is 4.89. The summed E-state index contributed by atoms with van der Waals surface area (Å²) in [6, 6.07) is 7.65. The van der Waals surface area contributed by atoms with E-state index in [9.17, 15) is 4.79 Å². The molecule has 0 unspecified atom stereocenters. The molecule has 1 heterocycles. The number of carbonyl (C=O) groups is 1. The van der Waals surface area contributed by atoms with E-state index < -0.39 is 0 Å². The lowest BCUT2D eigenvalue weighted by Gasteiger charge is -2.11. The van der Waals surface area contributed by atoms with E-state index in [2.05, 4.69) is 18.8 Å². The smallest absolute Gasteiger partial charge is 0.185 e. The van der Waals surface area contributed by atoms with Crippen LogP contribution in [0.5, 0.6) is 0 Å². The SMILES string of the molecule is CCn1c(C=O)nc(Sc2cccc(Cl)c2)c1C(C)C. The van der Waals surface area contributed by atoms with Gasteiger partial charge >= 0.3 is 0 Å². The van der Waals surface area contributed by atoms with Crippen LogP contribution in [0.2, 0.25) is 5.02 Å². The van der Waals surface area contributed by atoms with Gasteiger partial charge in [0, 0.05) is 16.5 Å². The van der Waals surface area contributed by atoms with Gasteiger partial charge in [0.1, 0.15) is 5.03 Å². The number of benzene rings is 1. The van der Waals surface area contributed by atoms with Crippen molar-refractivity contribution in [3.05, 3.63) is 40.8 Å². The maximum Gasteiger partial charge on any atom is 0.185 e. The Morgan fingerprint density at radius 2 is 2.20 bits per heavy atom. The second-order valence-corrected chi connectivity index (χ2v) is 6.24. The molecule has 3 nitrogen and oxygen atoms in total. The number of imidazole rings is 1. The Balaban J connectivity index is 2.45. The zero-order valence-electron chi connectivity index (χ0n) is 11.8. The van der Waals surface area contributed by atoms with Crippen molar-refractivity contribution in [3.63, 3.8) is 0 Å². The highest BCUT2D eigenvalue weighted by molar-refractivity contribution is 7.99. The molecule has 2 rings (SSSR count). The standard InChI is InChI=1S/C15H17ClN2OS/c1-4-18-13(9-19)17-15(14(18)10(2)3)20-12-7-5-6-11(16)8-12/h5-10H,4H2,1-3H3. The van der Waals surface area contributed by atoms with Crippen molar-refractivity contribution in [3.8, 4) is 0 Å². The lowest BCUT2D eigenvalue weighted by molar-refractivity contribution is 0.111. The fourth-order valence-electron chi connectivity index (χ4n) is 2.16. The Bertz CT molecular complexity index is 622. The summed E-state index contributed by atoms with van der Waals surface area (Å²) < 4.78 is 1.98. The van der Waals surface area contributed by atoms with Crippen LogP contribution < -0.4 is 0 Å². The topological polar surface area (TPSA) is 34.9 Å². The fourth-order valence-corrected chi connectivity index (χ4v) is 3.56. The zero-order valence-corrected chi connectivity index (χ0v) is 13.3. The van der Waals surface area contributed by atoms with Gasteiger partial charge in [0.2, 0.25) is 0 Å². The molecule has 5 heteroatoms. The molecule has 2 aromatic rings. The van der Waals surface area contributed by atoms with Gasteiger partial charge in [-0.2, -0.15) is 0 Å². The van der Waals surface area contributed by atoms with E-state index in [-0.39, 0.29) is 0 Å². The average Bonchev–Trinajstić information content (AvgIpc) is 2.76. The molecular weight excluding hydrogens is 292 g/mol. The maximum absolute atomic E-state index is 11.2. The highest BCUT2D eigenvalue weighted by Crippen LogP contribution is 2.34. The van der Waals surface area contributed by atoms with Crippen LogP contribution in [0.3, 0.4) is 0 Å². The van der Waals surface area contributed by atoms with Crippen LogP contribution in [0.15, 0.2) is 34.2 Å². The first-order valence-electron chi connectivity index (χ1n) is 6.55. The Morgan fingerprint density at radius 1 is 1.45 bits per heavy atom. The van der Waals surface area contributed by atoms with Crippen molar-refractivity contribution in [1.82, 2.24) is 9.55 Å². The largest absolute Gasteiger partial charge is 0.325 e. The number of halogens is 1.